The SMILES string of the molecule is CCC(C)(C)CC(=O)N1CCC2(CC1)CNC2. The summed E-state index contributed by atoms with van der Waals surface area (Å²) in [5, 5.41) is 3.36. The first kappa shape index (κ1) is 12.9. The van der Waals surface area contributed by atoms with Crippen LogP contribution in [0.4, 0.5) is 0 Å². The molecule has 1 amide bonds. The fourth-order valence-electron chi connectivity index (χ4n) is 2.71. The molecule has 0 aliphatic carbocycles. The van der Waals surface area contributed by atoms with Gasteiger partial charge in [0, 0.05) is 32.6 Å². The predicted octanol–water partition coefficient (Wildman–Crippen LogP) is 2.02. The van der Waals surface area contributed by atoms with Crippen LogP contribution < -0.4 is 5.32 Å². The minimum absolute atomic E-state index is 0.157. The average Bonchev–Trinajstić information content (AvgIpc) is 2.26. The van der Waals surface area contributed by atoms with Crippen LogP contribution in [-0.2, 0) is 4.79 Å². The molecule has 1 spiro atoms. The zero-order valence-electron chi connectivity index (χ0n) is 11.5. The quantitative estimate of drug-likeness (QED) is 0.816. The lowest BCUT2D eigenvalue weighted by Crippen LogP contribution is -2.58. The van der Waals surface area contributed by atoms with Gasteiger partial charge in [-0.2, -0.15) is 0 Å². The first-order chi connectivity index (χ1) is 7.96. The fourth-order valence-corrected chi connectivity index (χ4v) is 2.71. The summed E-state index contributed by atoms with van der Waals surface area (Å²) in [5.74, 6) is 0.360. The second kappa shape index (κ2) is 4.60. The van der Waals surface area contributed by atoms with Gasteiger partial charge in [-0.3, -0.25) is 4.79 Å². The van der Waals surface area contributed by atoms with E-state index in [0.29, 0.717) is 17.7 Å². The van der Waals surface area contributed by atoms with E-state index in [0.717, 1.165) is 32.6 Å². The van der Waals surface area contributed by atoms with Crippen molar-refractivity contribution in [2.75, 3.05) is 26.2 Å². The Labute approximate surface area is 105 Å². The highest BCUT2D eigenvalue weighted by atomic mass is 16.2. The molecule has 2 fully saturated rings. The summed E-state index contributed by atoms with van der Waals surface area (Å²) >= 11 is 0. The van der Waals surface area contributed by atoms with E-state index in [-0.39, 0.29) is 5.41 Å². The van der Waals surface area contributed by atoms with Gasteiger partial charge in [-0.05, 0) is 23.7 Å². The third-order valence-electron chi connectivity index (χ3n) is 4.76. The van der Waals surface area contributed by atoms with Gasteiger partial charge in [0.2, 0.25) is 5.91 Å². The van der Waals surface area contributed by atoms with E-state index in [2.05, 4.69) is 31.0 Å². The zero-order valence-corrected chi connectivity index (χ0v) is 11.5. The van der Waals surface area contributed by atoms with Crippen LogP contribution >= 0.6 is 0 Å². The Bertz CT molecular complexity index is 285. The molecule has 2 aliphatic rings. The van der Waals surface area contributed by atoms with Crippen molar-refractivity contribution in [1.82, 2.24) is 10.2 Å². The summed E-state index contributed by atoms with van der Waals surface area (Å²) in [6, 6.07) is 0. The molecule has 0 unspecified atom stereocenters. The van der Waals surface area contributed by atoms with E-state index in [1.165, 1.54) is 12.8 Å². The van der Waals surface area contributed by atoms with Crippen LogP contribution in [0.25, 0.3) is 0 Å². The lowest BCUT2D eigenvalue weighted by Gasteiger charge is -2.48. The standard InChI is InChI=1S/C14H26N2O/c1-4-13(2,3)9-12(17)16-7-5-14(6-8-16)10-15-11-14/h15H,4-11H2,1-3H3. The number of hydrogen-bond acceptors (Lipinski definition) is 2. The highest BCUT2D eigenvalue weighted by molar-refractivity contribution is 5.77. The second-order valence-corrected chi connectivity index (χ2v) is 6.68. The molecular formula is C14H26N2O. The van der Waals surface area contributed by atoms with Crippen LogP contribution in [0.2, 0.25) is 0 Å². The van der Waals surface area contributed by atoms with E-state index in [9.17, 15) is 4.79 Å². The van der Waals surface area contributed by atoms with Crippen LogP contribution in [0, 0.1) is 10.8 Å². The van der Waals surface area contributed by atoms with Crippen molar-refractivity contribution >= 4 is 5.91 Å². The number of likely N-dealkylation sites (tertiary alicyclic amines) is 1. The third kappa shape index (κ3) is 2.82. The van der Waals surface area contributed by atoms with Crippen molar-refractivity contribution < 1.29 is 4.79 Å². The minimum Gasteiger partial charge on any atom is -0.343 e. The highest BCUT2D eigenvalue weighted by Crippen LogP contribution is 2.35. The second-order valence-electron chi connectivity index (χ2n) is 6.68. The summed E-state index contributed by atoms with van der Waals surface area (Å²) in [7, 11) is 0. The van der Waals surface area contributed by atoms with Crippen LogP contribution in [0.1, 0.15) is 46.5 Å². The lowest BCUT2D eigenvalue weighted by atomic mass is 9.73. The third-order valence-corrected chi connectivity index (χ3v) is 4.76. The molecule has 2 aliphatic heterocycles. The molecule has 0 radical (unpaired) electrons. The van der Waals surface area contributed by atoms with Crippen molar-refractivity contribution in [2.24, 2.45) is 10.8 Å². The van der Waals surface area contributed by atoms with Gasteiger partial charge in [-0.1, -0.05) is 27.2 Å². The van der Waals surface area contributed by atoms with Gasteiger partial charge in [-0.15, -0.1) is 0 Å². The Morgan fingerprint density at radius 2 is 1.88 bits per heavy atom. The van der Waals surface area contributed by atoms with Crippen molar-refractivity contribution in [1.29, 1.82) is 0 Å². The van der Waals surface area contributed by atoms with Crippen LogP contribution in [0.3, 0.4) is 0 Å². The maximum Gasteiger partial charge on any atom is 0.223 e. The fraction of sp³-hybridized carbons (Fsp3) is 0.929. The van der Waals surface area contributed by atoms with Crippen molar-refractivity contribution in [3.05, 3.63) is 0 Å². The van der Waals surface area contributed by atoms with E-state index >= 15 is 0 Å². The number of nitrogens with zero attached hydrogens (tertiary/aromatic N) is 1. The average molecular weight is 238 g/mol. The molecule has 17 heavy (non-hydrogen) atoms. The molecule has 0 atom stereocenters. The highest BCUT2D eigenvalue weighted by Gasteiger charge is 2.40. The largest absolute Gasteiger partial charge is 0.343 e. The molecule has 1 N–H and O–H groups in total. The molecule has 0 bridgehead atoms. The van der Waals surface area contributed by atoms with Gasteiger partial charge in [0.1, 0.15) is 0 Å². The molecule has 3 heteroatoms. The number of piperidine rings is 1. The molecule has 98 valence electrons. The Kier molecular flexibility index (Phi) is 3.48. The number of carbonyl (C=O) groups excluding carboxylic acids is 1. The van der Waals surface area contributed by atoms with Gasteiger partial charge in [-0.25, -0.2) is 0 Å². The summed E-state index contributed by atoms with van der Waals surface area (Å²) in [6.07, 6.45) is 4.16. The monoisotopic (exact) mass is 238 g/mol. The Hall–Kier alpha value is -0.570. The molecule has 0 aromatic heterocycles. The van der Waals surface area contributed by atoms with Crippen molar-refractivity contribution in [3.63, 3.8) is 0 Å². The molecule has 2 rings (SSSR count). The van der Waals surface area contributed by atoms with Crippen LogP contribution in [0.5, 0.6) is 0 Å². The summed E-state index contributed by atoms with van der Waals surface area (Å²) < 4.78 is 0. The first-order valence-corrected chi connectivity index (χ1v) is 6.95. The Balaban J connectivity index is 1.82. The minimum atomic E-state index is 0.157. The Morgan fingerprint density at radius 3 is 2.29 bits per heavy atom. The topological polar surface area (TPSA) is 32.3 Å². The maximum atomic E-state index is 12.2. The number of rotatable bonds is 3. The van der Waals surface area contributed by atoms with Crippen LogP contribution in [-0.4, -0.2) is 37.0 Å². The van der Waals surface area contributed by atoms with E-state index in [4.69, 9.17) is 0 Å². The number of amides is 1. The predicted molar refractivity (Wildman–Crippen MR) is 69.8 cm³/mol. The van der Waals surface area contributed by atoms with Gasteiger partial charge < -0.3 is 10.2 Å². The molecule has 0 aromatic carbocycles. The zero-order chi connectivity index (χ0) is 12.5. The van der Waals surface area contributed by atoms with Crippen LogP contribution in [0.15, 0.2) is 0 Å². The van der Waals surface area contributed by atoms with Gasteiger partial charge in [0.05, 0.1) is 0 Å². The lowest BCUT2D eigenvalue weighted by molar-refractivity contribution is -0.136. The number of carbonyl (C=O) groups is 1. The maximum absolute atomic E-state index is 12.2. The molecule has 0 aromatic rings. The molecule has 3 nitrogen and oxygen atoms in total. The summed E-state index contributed by atoms with van der Waals surface area (Å²) in [4.78, 5) is 14.3. The number of nitrogens with one attached hydrogen (secondary N) is 1. The molecule has 0 saturated carbocycles. The van der Waals surface area contributed by atoms with Gasteiger partial charge >= 0.3 is 0 Å². The van der Waals surface area contributed by atoms with E-state index in [1.54, 1.807) is 0 Å². The van der Waals surface area contributed by atoms with E-state index < -0.39 is 0 Å². The molecular weight excluding hydrogens is 212 g/mol. The smallest absolute Gasteiger partial charge is 0.223 e. The van der Waals surface area contributed by atoms with Gasteiger partial charge in [0.15, 0.2) is 0 Å². The van der Waals surface area contributed by atoms with Gasteiger partial charge in [0.25, 0.3) is 0 Å². The Morgan fingerprint density at radius 1 is 1.29 bits per heavy atom. The van der Waals surface area contributed by atoms with E-state index in [1.807, 2.05) is 0 Å². The van der Waals surface area contributed by atoms with Crippen molar-refractivity contribution in [2.45, 2.75) is 46.5 Å². The normalized spacial score (nSPS) is 23.6. The number of hydrogen-bond donors (Lipinski definition) is 1. The van der Waals surface area contributed by atoms with Crippen molar-refractivity contribution in [3.8, 4) is 0 Å². The molecule has 2 saturated heterocycles. The summed E-state index contributed by atoms with van der Waals surface area (Å²) in [5.41, 5.74) is 0.696. The first-order valence-electron chi connectivity index (χ1n) is 6.95. The molecule has 2 heterocycles. The summed E-state index contributed by atoms with van der Waals surface area (Å²) in [6.45, 7) is 10.8.